The molecule has 0 saturated carbocycles. The molecule has 1 unspecified atom stereocenters. The quantitative estimate of drug-likeness (QED) is 0.892. The first-order valence-electron chi connectivity index (χ1n) is 5.88. The second-order valence-corrected chi connectivity index (χ2v) is 4.71. The van der Waals surface area contributed by atoms with Crippen molar-refractivity contribution < 1.29 is 4.74 Å². The zero-order valence-electron chi connectivity index (χ0n) is 10.0. The SMILES string of the molecule is CN(CC1CCCO1)c1nccc(CN)c1Cl. The number of anilines is 1. The van der Waals surface area contributed by atoms with Gasteiger partial charge in [-0.3, -0.25) is 0 Å². The normalized spacial score (nSPS) is 19.6. The van der Waals surface area contributed by atoms with Crippen molar-refractivity contribution >= 4 is 17.4 Å². The van der Waals surface area contributed by atoms with E-state index < -0.39 is 0 Å². The number of rotatable bonds is 4. The third kappa shape index (κ3) is 2.89. The molecule has 0 spiro atoms. The molecule has 1 aliphatic rings. The van der Waals surface area contributed by atoms with E-state index in [0.29, 0.717) is 17.7 Å². The molecule has 1 aromatic rings. The summed E-state index contributed by atoms with van der Waals surface area (Å²) in [4.78, 5) is 6.35. The van der Waals surface area contributed by atoms with Crippen molar-refractivity contribution in [3.8, 4) is 0 Å². The molecule has 5 heteroatoms. The van der Waals surface area contributed by atoms with Gasteiger partial charge >= 0.3 is 0 Å². The van der Waals surface area contributed by atoms with Gasteiger partial charge in [-0.15, -0.1) is 0 Å². The van der Waals surface area contributed by atoms with Crippen LogP contribution in [0.5, 0.6) is 0 Å². The van der Waals surface area contributed by atoms with Gasteiger partial charge in [0, 0.05) is 32.9 Å². The third-order valence-electron chi connectivity index (χ3n) is 3.03. The minimum Gasteiger partial charge on any atom is -0.376 e. The summed E-state index contributed by atoms with van der Waals surface area (Å²) in [5, 5.41) is 0.649. The van der Waals surface area contributed by atoms with E-state index in [-0.39, 0.29) is 0 Å². The van der Waals surface area contributed by atoms with Crippen LogP contribution in [0.15, 0.2) is 12.3 Å². The zero-order chi connectivity index (χ0) is 12.3. The molecule has 2 N–H and O–H groups in total. The second kappa shape index (κ2) is 5.67. The molecule has 2 rings (SSSR count). The van der Waals surface area contributed by atoms with Gasteiger partial charge in [0.25, 0.3) is 0 Å². The average Bonchev–Trinajstić information content (AvgIpc) is 2.82. The second-order valence-electron chi connectivity index (χ2n) is 4.33. The predicted octanol–water partition coefficient (Wildman–Crippen LogP) is 1.81. The summed E-state index contributed by atoms with van der Waals surface area (Å²) in [7, 11) is 1.98. The Bertz CT molecular complexity index is 380. The lowest BCUT2D eigenvalue weighted by Gasteiger charge is -2.23. The molecule has 0 amide bonds. The van der Waals surface area contributed by atoms with Gasteiger partial charge < -0.3 is 15.4 Å². The first kappa shape index (κ1) is 12.6. The number of pyridine rings is 1. The largest absolute Gasteiger partial charge is 0.376 e. The fourth-order valence-corrected chi connectivity index (χ4v) is 2.41. The van der Waals surface area contributed by atoms with Crippen LogP contribution in [-0.4, -0.2) is 31.3 Å². The summed E-state index contributed by atoms with van der Waals surface area (Å²) in [6.07, 6.45) is 4.29. The van der Waals surface area contributed by atoms with Gasteiger partial charge in [0.2, 0.25) is 0 Å². The molecule has 1 fully saturated rings. The van der Waals surface area contributed by atoms with E-state index in [9.17, 15) is 0 Å². The van der Waals surface area contributed by atoms with Crippen LogP contribution in [0.4, 0.5) is 5.82 Å². The highest BCUT2D eigenvalue weighted by Gasteiger charge is 2.19. The number of aromatic nitrogens is 1. The Morgan fingerprint density at radius 2 is 2.47 bits per heavy atom. The molecule has 1 saturated heterocycles. The summed E-state index contributed by atoms with van der Waals surface area (Å²) >= 11 is 6.26. The Labute approximate surface area is 107 Å². The van der Waals surface area contributed by atoms with Gasteiger partial charge in [-0.1, -0.05) is 11.6 Å². The van der Waals surface area contributed by atoms with E-state index in [1.54, 1.807) is 6.20 Å². The van der Waals surface area contributed by atoms with Gasteiger partial charge in [-0.25, -0.2) is 4.98 Å². The van der Waals surface area contributed by atoms with Crippen molar-refractivity contribution in [1.82, 2.24) is 4.98 Å². The number of nitrogens with zero attached hydrogens (tertiary/aromatic N) is 2. The van der Waals surface area contributed by atoms with E-state index in [4.69, 9.17) is 22.1 Å². The zero-order valence-corrected chi connectivity index (χ0v) is 10.8. The maximum Gasteiger partial charge on any atom is 0.147 e. The van der Waals surface area contributed by atoms with Crippen LogP contribution in [0.25, 0.3) is 0 Å². The fourth-order valence-electron chi connectivity index (χ4n) is 2.08. The number of hydrogen-bond donors (Lipinski definition) is 1. The maximum absolute atomic E-state index is 6.26. The monoisotopic (exact) mass is 255 g/mol. The van der Waals surface area contributed by atoms with Crippen LogP contribution < -0.4 is 10.6 Å². The molecule has 0 aliphatic carbocycles. The predicted molar refractivity (Wildman–Crippen MR) is 69.4 cm³/mol. The first-order chi connectivity index (χ1) is 8.22. The molecule has 2 heterocycles. The summed E-state index contributed by atoms with van der Waals surface area (Å²) in [5.41, 5.74) is 6.55. The van der Waals surface area contributed by atoms with Crippen molar-refractivity contribution in [2.45, 2.75) is 25.5 Å². The van der Waals surface area contributed by atoms with Gasteiger partial charge in [0.15, 0.2) is 0 Å². The van der Waals surface area contributed by atoms with Crippen LogP contribution in [0, 0.1) is 0 Å². The van der Waals surface area contributed by atoms with Gasteiger partial charge in [0.05, 0.1) is 11.1 Å². The number of likely N-dealkylation sites (N-methyl/N-ethyl adjacent to an activating group) is 1. The van der Waals surface area contributed by atoms with Crippen LogP contribution in [0.3, 0.4) is 0 Å². The molecule has 1 aromatic heterocycles. The van der Waals surface area contributed by atoms with E-state index in [1.165, 1.54) is 0 Å². The lowest BCUT2D eigenvalue weighted by Crippen LogP contribution is -2.29. The standard InChI is InChI=1S/C12H18ClN3O/c1-16(8-10-3-2-6-17-10)12-11(13)9(7-14)4-5-15-12/h4-5,10H,2-3,6-8,14H2,1H3. The lowest BCUT2D eigenvalue weighted by molar-refractivity contribution is 0.116. The molecular formula is C12H18ClN3O. The van der Waals surface area contributed by atoms with Gasteiger partial charge in [-0.2, -0.15) is 0 Å². The smallest absolute Gasteiger partial charge is 0.147 e. The molecule has 0 radical (unpaired) electrons. The van der Waals surface area contributed by atoms with Crippen LogP contribution in [0.1, 0.15) is 18.4 Å². The van der Waals surface area contributed by atoms with E-state index in [1.807, 2.05) is 18.0 Å². The van der Waals surface area contributed by atoms with E-state index >= 15 is 0 Å². The van der Waals surface area contributed by atoms with Crippen molar-refractivity contribution in [3.05, 3.63) is 22.8 Å². The van der Waals surface area contributed by atoms with Crippen LogP contribution in [-0.2, 0) is 11.3 Å². The Balaban J connectivity index is 2.09. The minimum atomic E-state index is 0.291. The molecule has 0 bridgehead atoms. The van der Waals surface area contributed by atoms with Crippen LogP contribution in [0.2, 0.25) is 5.02 Å². The number of halogens is 1. The van der Waals surface area contributed by atoms with Crippen molar-refractivity contribution in [2.75, 3.05) is 25.1 Å². The summed E-state index contributed by atoms with van der Waals surface area (Å²) in [5.74, 6) is 0.783. The Hall–Kier alpha value is -0.840. The highest BCUT2D eigenvalue weighted by molar-refractivity contribution is 6.33. The highest BCUT2D eigenvalue weighted by Crippen LogP contribution is 2.26. The summed E-state index contributed by atoms with van der Waals surface area (Å²) in [6.45, 7) is 2.12. The Morgan fingerprint density at radius 3 is 3.12 bits per heavy atom. The molecule has 94 valence electrons. The summed E-state index contributed by atoms with van der Waals surface area (Å²) in [6, 6.07) is 1.85. The number of hydrogen-bond acceptors (Lipinski definition) is 4. The highest BCUT2D eigenvalue weighted by atomic mass is 35.5. The minimum absolute atomic E-state index is 0.291. The topological polar surface area (TPSA) is 51.4 Å². The molecule has 4 nitrogen and oxygen atoms in total. The van der Waals surface area contributed by atoms with Gasteiger partial charge in [0.1, 0.15) is 5.82 Å². The Kier molecular flexibility index (Phi) is 4.20. The van der Waals surface area contributed by atoms with Crippen molar-refractivity contribution in [2.24, 2.45) is 5.73 Å². The van der Waals surface area contributed by atoms with Crippen LogP contribution >= 0.6 is 11.6 Å². The van der Waals surface area contributed by atoms with Gasteiger partial charge in [-0.05, 0) is 24.5 Å². The van der Waals surface area contributed by atoms with E-state index in [0.717, 1.165) is 37.4 Å². The number of nitrogens with two attached hydrogens (primary N) is 1. The molecule has 0 aromatic carbocycles. The summed E-state index contributed by atoms with van der Waals surface area (Å²) < 4.78 is 5.60. The first-order valence-corrected chi connectivity index (χ1v) is 6.26. The molecule has 1 aliphatic heterocycles. The third-order valence-corrected chi connectivity index (χ3v) is 3.45. The fraction of sp³-hybridized carbons (Fsp3) is 0.583. The molecular weight excluding hydrogens is 238 g/mol. The van der Waals surface area contributed by atoms with Crippen molar-refractivity contribution in [1.29, 1.82) is 0 Å². The average molecular weight is 256 g/mol. The van der Waals surface area contributed by atoms with Crippen molar-refractivity contribution in [3.63, 3.8) is 0 Å². The number of ether oxygens (including phenoxy) is 1. The van der Waals surface area contributed by atoms with E-state index in [2.05, 4.69) is 4.98 Å². The lowest BCUT2D eigenvalue weighted by atomic mass is 10.2. The molecule has 17 heavy (non-hydrogen) atoms. The Morgan fingerprint density at radius 1 is 1.65 bits per heavy atom. The molecule has 1 atom stereocenters. The maximum atomic E-state index is 6.26.